The minimum atomic E-state index is -2.69. The number of ether oxygens (including phenoxy) is 1. The predicted molar refractivity (Wildman–Crippen MR) is 124 cm³/mol. The summed E-state index contributed by atoms with van der Waals surface area (Å²) in [5.41, 5.74) is 0. The fraction of sp³-hybridized carbons (Fsp3) is 0.731. The summed E-state index contributed by atoms with van der Waals surface area (Å²) in [6.07, 6.45) is 16.0. The predicted octanol–water partition coefficient (Wildman–Crippen LogP) is 8.63. The van der Waals surface area contributed by atoms with Crippen LogP contribution in [0.15, 0.2) is 23.1 Å². The molecule has 6 heteroatoms. The van der Waals surface area contributed by atoms with E-state index in [0.29, 0.717) is 5.92 Å². The molecule has 32 heavy (non-hydrogen) atoms. The van der Waals surface area contributed by atoms with Crippen molar-refractivity contribution in [2.24, 2.45) is 23.7 Å². The summed E-state index contributed by atoms with van der Waals surface area (Å²) in [6.45, 7) is 2.26. The summed E-state index contributed by atoms with van der Waals surface area (Å²) in [5, 5.41) is 0. The molecule has 2 saturated carbocycles. The van der Waals surface area contributed by atoms with Gasteiger partial charge in [-0.15, -0.1) is 0 Å². The minimum absolute atomic E-state index is 0.0884. The maximum atomic E-state index is 13.9. The summed E-state index contributed by atoms with van der Waals surface area (Å²) in [6, 6.07) is 3.65. The highest BCUT2D eigenvalue weighted by atomic mass is 32.2. The Morgan fingerprint density at radius 3 is 2.25 bits per heavy atom. The Hall–Kier alpha value is -1.17. The largest absolute Gasteiger partial charge is 0.426 e. The highest BCUT2D eigenvalue weighted by Gasteiger charge is 2.33. The quantitative estimate of drug-likeness (QED) is 0.148. The Balaban J connectivity index is 1.38. The number of carbonyl (C=O) groups excluding carboxylic acids is 1. The van der Waals surface area contributed by atoms with Crippen LogP contribution in [0.25, 0.3) is 0 Å². The minimum Gasteiger partial charge on any atom is -0.426 e. The lowest BCUT2D eigenvalue weighted by Gasteiger charge is -2.37. The van der Waals surface area contributed by atoms with Gasteiger partial charge >= 0.3 is 5.97 Å². The van der Waals surface area contributed by atoms with E-state index in [2.05, 4.69) is 6.92 Å². The van der Waals surface area contributed by atoms with Crippen molar-refractivity contribution in [3.05, 3.63) is 24.0 Å². The van der Waals surface area contributed by atoms with Gasteiger partial charge in [-0.1, -0.05) is 63.6 Å². The maximum Gasteiger partial charge on any atom is 0.314 e. The van der Waals surface area contributed by atoms with Crippen LogP contribution < -0.4 is 4.74 Å². The van der Waals surface area contributed by atoms with E-state index in [1.165, 1.54) is 69.9 Å². The number of halogens is 3. The molecule has 0 N–H and O–H groups in total. The number of hydrogen-bond acceptors (Lipinski definition) is 3. The number of alkyl halides is 2. The van der Waals surface area contributed by atoms with Crippen LogP contribution in [-0.2, 0) is 4.79 Å². The fourth-order valence-corrected chi connectivity index (χ4v) is 6.08. The molecule has 0 spiro atoms. The zero-order chi connectivity index (χ0) is 22.9. The highest BCUT2D eigenvalue weighted by molar-refractivity contribution is 7.99. The Morgan fingerprint density at radius 1 is 1.00 bits per heavy atom. The first kappa shape index (κ1) is 25.5. The average Bonchev–Trinajstić information content (AvgIpc) is 2.79. The maximum absolute atomic E-state index is 13.9. The molecule has 0 aliphatic heterocycles. The lowest BCUT2D eigenvalue weighted by Crippen LogP contribution is -2.30. The third kappa shape index (κ3) is 7.71. The van der Waals surface area contributed by atoms with Crippen molar-refractivity contribution in [3.63, 3.8) is 0 Å². The summed E-state index contributed by atoms with van der Waals surface area (Å²) in [7, 11) is 0. The summed E-state index contributed by atoms with van der Waals surface area (Å²) < 4.78 is 44.2. The normalized spacial score (nSPS) is 26.3. The number of unbranched alkanes of at least 4 members (excludes halogenated alkanes) is 3. The molecule has 2 fully saturated rings. The van der Waals surface area contributed by atoms with Crippen molar-refractivity contribution in [2.45, 2.75) is 101 Å². The van der Waals surface area contributed by atoms with Gasteiger partial charge in [-0.2, -0.15) is 8.78 Å². The van der Waals surface area contributed by atoms with E-state index in [-0.39, 0.29) is 34.3 Å². The van der Waals surface area contributed by atoms with E-state index in [4.69, 9.17) is 4.74 Å². The molecule has 0 bridgehead atoms. The molecule has 0 atom stereocenters. The van der Waals surface area contributed by atoms with E-state index in [0.717, 1.165) is 43.6 Å². The van der Waals surface area contributed by atoms with Crippen molar-refractivity contribution in [3.8, 4) is 5.75 Å². The molecule has 1 aromatic rings. The second-order valence-electron chi connectivity index (χ2n) is 9.63. The van der Waals surface area contributed by atoms with E-state index >= 15 is 0 Å². The Labute approximate surface area is 195 Å². The zero-order valence-electron chi connectivity index (χ0n) is 19.2. The van der Waals surface area contributed by atoms with Crippen molar-refractivity contribution in [1.29, 1.82) is 0 Å². The summed E-state index contributed by atoms with van der Waals surface area (Å²) in [5.74, 6) is -1.44. The molecule has 3 rings (SSSR count). The molecule has 2 nitrogen and oxygen atoms in total. The second-order valence-corrected chi connectivity index (χ2v) is 10.7. The third-order valence-corrected chi connectivity index (χ3v) is 8.23. The molecule has 1 aromatic carbocycles. The third-order valence-electron chi connectivity index (χ3n) is 7.47. The highest BCUT2D eigenvalue weighted by Crippen LogP contribution is 2.42. The monoisotopic (exact) mass is 470 g/mol. The summed E-state index contributed by atoms with van der Waals surface area (Å²) >= 11 is 0.151. The van der Waals surface area contributed by atoms with Gasteiger partial charge in [-0.05, 0) is 68.4 Å². The molecule has 0 aromatic heterocycles. The van der Waals surface area contributed by atoms with Crippen LogP contribution in [-0.4, -0.2) is 11.7 Å². The smallest absolute Gasteiger partial charge is 0.314 e. The lowest BCUT2D eigenvalue weighted by atomic mass is 9.68. The van der Waals surface area contributed by atoms with E-state index < -0.39 is 11.6 Å². The topological polar surface area (TPSA) is 26.3 Å². The summed E-state index contributed by atoms with van der Waals surface area (Å²) in [4.78, 5) is 12.4. The van der Waals surface area contributed by atoms with Gasteiger partial charge in [0.25, 0.3) is 5.76 Å². The fourth-order valence-electron chi connectivity index (χ4n) is 5.57. The van der Waals surface area contributed by atoms with Crippen LogP contribution in [0, 0.1) is 29.5 Å². The standard InChI is InChI=1S/C26H37F3O2S/c1-2-3-4-5-6-18-7-9-19(10-8-18)20-11-13-21(14-12-20)25(30)31-22-15-16-24(23(27)17-22)32-26(28)29/h15-21,26H,2-14H2,1H3/t18-,19-,20-,21-. The number of thioether (sulfide) groups is 1. The Kier molecular flexibility index (Phi) is 10.3. The van der Waals surface area contributed by atoms with Gasteiger partial charge in [-0.3, -0.25) is 4.79 Å². The van der Waals surface area contributed by atoms with E-state index in [1.807, 2.05) is 0 Å². The number of esters is 1. The van der Waals surface area contributed by atoms with Crippen molar-refractivity contribution >= 4 is 17.7 Å². The number of hydrogen-bond donors (Lipinski definition) is 0. The van der Waals surface area contributed by atoms with Crippen LogP contribution in [0.1, 0.15) is 90.4 Å². The first-order valence-electron chi connectivity index (χ1n) is 12.4. The van der Waals surface area contributed by atoms with Gasteiger partial charge in [0.1, 0.15) is 11.6 Å². The molecule has 0 amide bonds. The van der Waals surface area contributed by atoms with Gasteiger partial charge < -0.3 is 4.74 Å². The van der Waals surface area contributed by atoms with E-state index in [1.54, 1.807) is 0 Å². The Bertz CT molecular complexity index is 711. The molecular weight excluding hydrogens is 433 g/mol. The van der Waals surface area contributed by atoms with Gasteiger partial charge in [0.2, 0.25) is 0 Å². The number of benzene rings is 1. The molecule has 0 unspecified atom stereocenters. The average molecular weight is 471 g/mol. The molecule has 2 aliphatic rings. The van der Waals surface area contributed by atoms with Crippen molar-refractivity contribution < 1.29 is 22.7 Å². The SMILES string of the molecule is CCCCCC[C@H]1CC[C@H]([C@H]2CC[C@H](C(=O)Oc3ccc(SC(F)F)c(F)c3)CC2)CC1. The Morgan fingerprint density at radius 2 is 1.66 bits per heavy atom. The van der Waals surface area contributed by atoms with Gasteiger partial charge in [0.05, 0.1) is 5.92 Å². The van der Waals surface area contributed by atoms with Gasteiger partial charge in [0, 0.05) is 11.0 Å². The van der Waals surface area contributed by atoms with Gasteiger partial charge in [-0.25, -0.2) is 4.39 Å². The lowest BCUT2D eigenvalue weighted by molar-refractivity contribution is -0.140. The molecular formula is C26H37F3O2S. The van der Waals surface area contributed by atoms with Gasteiger partial charge in [0.15, 0.2) is 0 Å². The first-order chi connectivity index (χ1) is 15.5. The van der Waals surface area contributed by atoms with Crippen LogP contribution in [0.4, 0.5) is 13.2 Å². The molecule has 0 saturated heterocycles. The van der Waals surface area contributed by atoms with E-state index in [9.17, 15) is 18.0 Å². The number of rotatable bonds is 10. The van der Waals surface area contributed by atoms with Crippen LogP contribution in [0.2, 0.25) is 0 Å². The first-order valence-corrected chi connectivity index (χ1v) is 13.3. The van der Waals surface area contributed by atoms with Crippen molar-refractivity contribution in [2.75, 3.05) is 0 Å². The van der Waals surface area contributed by atoms with Crippen LogP contribution in [0.5, 0.6) is 5.75 Å². The second kappa shape index (κ2) is 12.9. The molecule has 0 heterocycles. The molecule has 180 valence electrons. The van der Waals surface area contributed by atoms with Crippen LogP contribution in [0.3, 0.4) is 0 Å². The molecule has 2 aliphatic carbocycles. The zero-order valence-corrected chi connectivity index (χ0v) is 20.0. The molecule has 0 radical (unpaired) electrons. The number of carbonyl (C=O) groups is 1. The van der Waals surface area contributed by atoms with Crippen molar-refractivity contribution in [1.82, 2.24) is 0 Å². The van der Waals surface area contributed by atoms with Crippen LogP contribution >= 0.6 is 11.8 Å².